The lowest BCUT2D eigenvalue weighted by Gasteiger charge is -2.09. The van der Waals surface area contributed by atoms with Gasteiger partial charge in [0.25, 0.3) is 5.88 Å². The van der Waals surface area contributed by atoms with Crippen molar-refractivity contribution in [1.82, 2.24) is 9.78 Å². The highest BCUT2D eigenvalue weighted by molar-refractivity contribution is 5.51. The molecule has 0 unspecified atom stereocenters. The summed E-state index contributed by atoms with van der Waals surface area (Å²) in [4.78, 5) is 0. The maximum absolute atomic E-state index is 5.76. The van der Waals surface area contributed by atoms with Crippen LogP contribution in [0.25, 0.3) is 0 Å². The standard InChI is InChI=1S/C12H15N3O2/c1-8-4-5-10(11(6-8)16-3)17-12-9(13)7-15(2)14-12/h4-7H,13H2,1-3H3. The molecule has 0 aliphatic rings. The summed E-state index contributed by atoms with van der Waals surface area (Å²) >= 11 is 0. The Kier molecular flexibility index (Phi) is 2.91. The molecular formula is C12H15N3O2. The minimum Gasteiger partial charge on any atom is -0.493 e. The zero-order chi connectivity index (χ0) is 12.4. The predicted molar refractivity (Wildman–Crippen MR) is 65.4 cm³/mol. The Morgan fingerprint density at radius 2 is 2.06 bits per heavy atom. The third-order valence-electron chi connectivity index (χ3n) is 2.35. The van der Waals surface area contributed by atoms with Crippen LogP contribution in [0.3, 0.4) is 0 Å². The Bertz CT molecular complexity index is 535. The summed E-state index contributed by atoms with van der Waals surface area (Å²) in [7, 11) is 3.39. The predicted octanol–water partition coefficient (Wildman–Crippen LogP) is 2.11. The molecule has 0 aliphatic heterocycles. The van der Waals surface area contributed by atoms with Gasteiger partial charge in [-0.3, -0.25) is 4.68 Å². The van der Waals surface area contributed by atoms with Gasteiger partial charge in [0, 0.05) is 7.05 Å². The van der Waals surface area contributed by atoms with E-state index in [0.717, 1.165) is 5.56 Å². The summed E-state index contributed by atoms with van der Waals surface area (Å²) in [5.41, 5.74) is 7.36. The summed E-state index contributed by atoms with van der Waals surface area (Å²) in [5, 5.41) is 4.12. The van der Waals surface area contributed by atoms with Gasteiger partial charge in [-0.2, -0.15) is 0 Å². The Morgan fingerprint density at radius 1 is 1.29 bits per heavy atom. The second-order valence-electron chi connectivity index (χ2n) is 3.82. The Morgan fingerprint density at radius 3 is 2.65 bits per heavy atom. The van der Waals surface area contributed by atoms with Crippen molar-refractivity contribution in [2.24, 2.45) is 7.05 Å². The quantitative estimate of drug-likeness (QED) is 0.882. The maximum atomic E-state index is 5.76. The van der Waals surface area contributed by atoms with Gasteiger partial charge in [-0.05, 0) is 24.6 Å². The van der Waals surface area contributed by atoms with Crippen molar-refractivity contribution in [3.63, 3.8) is 0 Å². The van der Waals surface area contributed by atoms with Crippen LogP contribution in [0.1, 0.15) is 5.56 Å². The monoisotopic (exact) mass is 233 g/mol. The third-order valence-corrected chi connectivity index (χ3v) is 2.35. The van der Waals surface area contributed by atoms with Crippen molar-refractivity contribution in [1.29, 1.82) is 0 Å². The number of nitrogens with zero attached hydrogens (tertiary/aromatic N) is 2. The molecule has 0 saturated carbocycles. The van der Waals surface area contributed by atoms with E-state index in [-0.39, 0.29) is 0 Å². The van der Waals surface area contributed by atoms with Gasteiger partial charge >= 0.3 is 0 Å². The number of benzene rings is 1. The molecule has 0 saturated heterocycles. The van der Waals surface area contributed by atoms with Crippen LogP contribution in [0, 0.1) is 6.92 Å². The van der Waals surface area contributed by atoms with Crippen molar-refractivity contribution in [2.45, 2.75) is 6.92 Å². The smallest absolute Gasteiger partial charge is 0.261 e. The summed E-state index contributed by atoms with van der Waals surface area (Å²) < 4.78 is 12.5. The van der Waals surface area contributed by atoms with E-state index in [4.69, 9.17) is 15.2 Å². The number of nitrogens with two attached hydrogens (primary N) is 1. The third kappa shape index (κ3) is 2.33. The summed E-state index contributed by atoms with van der Waals surface area (Å²) in [6.07, 6.45) is 1.69. The highest BCUT2D eigenvalue weighted by atomic mass is 16.5. The first-order chi connectivity index (χ1) is 8.10. The molecule has 0 radical (unpaired) electrons. The van der Waals surface area contributed by atoms with Crippen LogP contribution in [0.4, 0.5) is 5.69 Å². The molecule has 0 amide bonds. The average Bonchev–Trinajstić information content (AvgIpc) is 2.60. The van der Waals surface area contributed by atoms with E-state index in [1.807, 2.05) is 25.1 Å². The minimum absolute atomic E-state index is 0.384. The second kappa shape index (κ2) is 4.37. The molecule has 2 rings (SSSR count). The van der Waals surface area contributed by atoms with Crippen LogP contribution in [0.2, 0.25) is 0 Å². The first-order valence-corrected chi connectivity index (χ1v) is 5.22. The van der Waals surface area contributed by atoms with Gasteiger partial charge in [0.15, 0.2) is 11.5 Å². The van der Waals surface area contributed by atoms with Crippen molar-refractivity contribution < 1.29 is 9.47 Å². The fourth-order valence-corrected chi connectivity index (χ4v) is 1.53. The fourth-order valence-electron chi connectivity index (χ4n) is 1.53. The molecule has 17 heavy (non-hydrogen) atoms. The van der Waals surface area contributed by atoms with Crippen molar-refractivity contribution >= 4 is 5.69 Å². The number of anilines is 1. The van der Waals surface area contributed by atoms with Crippen molar-refractivity contribution in [3.05, 3.63) is 30.0 Å². The number of nitrogen functional groups attached to an aromatic ring is 1. The molecule has 5 nitrogen and oxygen atoms in total. The minimum atomic E-state index is 0.384. The molecular weight excluding hydrogens is 218 g/mol. The van der Waals surface area contributed by atoms with E-state index < -0.39 is 0 Å². The fraction of sp³-hybridized carbons (Fsp3) is 0.250. The normalized spacial score (nSPS) is 10.3. The van der Waals surface area contributed by atoms with E-state index in [1.54, 1.807) is 25.0 Å². The number of hydrogen-bond donors (Lipinski definition) is 1. The molecule has 5 heteroatoms. The first kappa shape index (κ1) is 11.3. The van der Waals surface area contributed by atoms with E-state index in [9.17, 15) is 0 Å². The zero-order valence-corrected chi connectivity index (χ0v) is 10.1. The van der Waals surface area contributed by atoms with Crippen molar-refractivity contribution in [3.8, 4) is 17.4 Å². The van der Waals surface area contributed by atoms with Gasteiger partial charge < -0.3 is 15.2 Å². The zero-order valence-electron chi connectivity index (χ0n) is 10.1. The molecule has 1 aromatic heterocycles. The number of rotatable bonds is 3. The van der Waals surface area contributed by atoms with Gasteiger partial charge in [-0.15, -0.1) is 5.10 Å². The summed E-state index contributed by atoms with van der Waals surface area (Å²) in [5.74, 6) is 1.65. The molecule has 90 valence electrons. The number of aromatic nitrogens is 2. The largest absolute Gasteiger partial charge is 0.493 e. The second-order valence-corrected chi connectivity index (χ2v) is 3.82. The van der Waals surface area contributed by atoms with E-state index >= 15 is 0 Å². The molecule has 1 heterocycles. The number of methoxy groups -OCH3 is 1. The summed E-state index contributed by atoms with van der Waals surface area (Å²) in [6, 6.07) is 5.67. The highest BCUT2D eigenvalue weighted by Crippen LogP contribution is 2.33. The van der Waals surface area contributed by atoms with E-state index in [2.05, 4.69) is 5.10 Å². The van der Waals surface area contributed by atoms with E-state index in [0.29, 0.717) is 23.1 Å². The Labute approximate surface area is 99.8 Å². The van der Waals surface area contributed by atoms with Gasteiger partial charge in [0.1, 0.15) is 5.69 Å². The maximum Gasteiger partial charge on any atom is 0.261 e. The molecule has 2 aromatic rings. The lowest BCUT2D eigenvalue weighted by Crippen LogP contribution is -1.94. The number of hydrogen-bond acceptors (Lipinski definition) is 4. The molecule has 0 aliphatic carbocycles. The summed E-state index contributed by atoms with van der Waals surface area (Å²) in [6.45, 7) is 1.99. The molecule has 0 fully saturated rings. The topological polar surface area (TPSA) is 62.3 Å². The van der Waals surface area contributed by atoms with Gasteiger partial charge in [-0.25, -0.2) is 0 Å². The lowest BCUT2D eigenvalue weighted by atomic mass is 10.2. The van der Waals surface area contributed by atoms with Gasteiger partial charge in [0.05, 0.1) is 13.3 Å². The average molecular weight is 233 g/mol. The van der Waals surface area contributed by atoms with Crippen LogP contribution < -0.4 is 15.2 Å². The Balaban J connectivity index is 2.32. The number of ether oxygens (including phenoxy) is 2. The molecule has 0 atom stereocenters. The number of aryl methyl sites for hydroxylation is 2. The van der Waals surface area contributed by atoms with Gasteiger partial charge in [-0.1, -0.05) is 6.07 Å². The van der Waals surface area contributed by atoms with E-state index in [1.165, 1.54) is 0 Å². The van der Waals surface area contributed by atoms with Crippen molar-refractivity contribution in [2.75, 3.05) is 12.8 Å². The van der Waals surface area contributed by atoms with Crippen LogP contribution in [0.5, 0.6) is 17.4 Å². The molecule has 2 N–H and O–H groups in total. The molecule has 0 spiro atoms. The first-order valence-electron chi connectivity index (χ1n) is 5.22. The Hall–Kier alpha value is -2.17. The SMILES string of the molecule is COc1cc(C)ccc1Oc1nn(C)cc1N. The van der Waals surface area contributed by atoms with Crippen LogP contribution in [-0.2, 0) is 7.05 Å². The van der Waals surface area contributed by atoms with Gasteiger partial charge in [0.2, 0.25) is 0 Å². The van der Waals surface area contributed by atoms with Crippen LogP contribution in [-0.4, -0.2) is 16.9 Å². The van der Waals surface area contributed by atoms with Crippen LogP contribution in [0.15, 0.2) is 24.4 Å². The van der Waals surface area contributed by atoms with Crippen LogP contribution >= 0.6 is 0 Å². The molecule has 0 bridgehead atoms. The lowest BCUT2D eigenvalue weighted by molar-refractivity contribution is 0.372. The highest BCUT2D eigenvalue weighted by Gasteiger charge is 2.10. The molecule has 1 aromatic carbocycles.